The summed E-state index contributed by atoms with van der Waals surface area (Å²) in [6.07, 6.45) is -2.85. The molecule has 1 unspecified atom stereocenters. The number of hydrogen-bond donors (Lipinski definition) is 1. The lowest BCUT2D eigenvalue weighted by Gasteiger charge is -2.19. The largest absolute Gasteiger partial charge is 0.416 e. The molecular weight excluding hydrogens is 511 g/mol. The van der Waals surface area contributed by atoms with Gasteiger partial charge in [-0.25, -0.2) is 0 Å². The van der Waals surface area contributed by atoms with Crippen LogP contribution in [0.2, 0.25) is 5.02 Å². The highest BCUT2D eigenvalue weighted by Gasteiger charge is 2.30. The molecule has 0 saturated heterocycles. The minimum atomic E-state index is -4.48. The Bertz CT molecular complexity index is 1450. The quantitative estimate of drug-likeness (QED) is 0.339. The van der Waals surface area contributed by atoms with Gasteiger partial charge >= 0.3 is 6.18 Å². The van der Waals surface area contributed by atoms with Gasteiger partial charge in [-0.2, -0.15) is 18.2 Å². The van der Waals surface area contributed by atoms with Crippen molar-refractivity contribution in [3.8, 4) is 0 Å². The van der Waals surface area contributed by atoms with Crippen molar-refractivity contribution in [1.82, 2.24) is 9.88 Å². The van der Waals surface area contributed by atoms with Crippen LogP contribution >= 0.6 is 22.9 Å². The van der Waals surface area contributed by atoms with Gasteiger partial charge in [0.2, 0.25) is 5.91 Å². The number of carbonyl (C=O) groups excluding carboxylic acids is 2. The first-order chi connectivity index (χ1) is 17.2. The summed E-state index contributed by atoms with van der Waals surface area (Å²) in [6.45, 7) is -0.106. The molecule has 0 saturated carbocycles. The lowest BCUT2D eigenvalue weighted by Crippen LogP contribution is -2.36. The maximum Gasteiger partial charge on any atom is 0.416 e. The number of alkyl halides is 3. The third-order valence-corrected chi connectivity index (χ3v) is 6.25. The van der Waals surface area contributed by atoms with Gasteiger partial charge in [0.05, 0.1) is 5.56 Å². The van der Waals surface area contributed by atoms with Crippen LogP contribution in [0.3, 0.4) is 0 Å². The number of aromatic nitrogens is 1. The molecule has 0 bridgehead atoms. The molecule has 1 heterocycles. The average Bonchev–Trinajstić information content (AvgIpc) is 3.30. The highest BCUT2D eigenvalue weighted by atomic mass is 35.5. The Morgan fingerprint density at radius 1 is 1.00 bits per heavy atom. The molecule has 5 nitrogen and oxygen atoms in total. The molecule has 10 heteroatoms. The van der Waals surface area contributed by atoms with Gasteiger partial charge in [0.15, 0.2) is 4.80 Å². The van der Waals surface area contributed by atoms with E-state index in [9.17, 15) is 22.8 Å². The molecule has 4 aromatic rings. The first kappa shape index (κ1) is 25.4. The van der Waals surface area contributed by atoms with Gasteiger partial charge in [0, 0.05) is 28.7 Å². The number of carbonyl (C=O) groups is 2. The summed E-state index contributed by atoms with van der Waals surface area (Å²) in [5.41, 5.74) is 0.435. The average molecular weight is 530 g/mol. The molecule has 0 aliphatic heterocycles. The van der Waals surface area contributed by atoms with E-state index in [0.717, 1.165) is 12.1 Å². The van der Waals surface area contributed by atoms with Crippen molar-refractivity contribution >= 4 is 34.8 Å². The second-order valence-electron chi connectivity index (χ2n) is 7.75. The molecule has 184 valence electrons. The highest BCUT2D eigenvalue weighted by molar-refractivity contribution is 7.07. The molecule has 0 radical (unpaired) electrons. The summed E-state index contributed by atoms with van der Waals surface area (Å²) in [6, 6.07) is 19.1. The predicted octanol–water partition coefficient (Wildman–Crippen LogP) is 5.87. The van der Waals surface area contributed by atoms with E-state index in [0.29, 0.717) is 21.7 Å². The Morgan fingerprint density at radius 3 is 2.47 bits per heavy atom. The number of rotatable bonds is 6. The van der Waals surface area contributed by atoms with Crippen molar-refractivity contribution in [2.75, 3.05) is 0 Å². The Balaban J connectivity index is 1.65. The molecule has 4 rings (SSSR count). The number of amides is 2. The number of hydrogen-bond acceptors (Lipinski definition) is 3. The molecule has 0 fully saturated rings. The highest BCUT2D eigenvalue weighted by Crippen LogP contribution is 2.29. The van der Waals surface area contributed by atoms with Gasteiger partial charge in [-0.3, -0.25) is 9.59 Å². The lowest BCUT2D eigenvalue weighted by atomic mass is 10.1. The molecule has 0 aliphatic rings. The second-order valence-corrected chi connectivity index (χ2v) is 9.06. The number of halogens is 4. The van der Waals surface area contributed by atoms with E-state index in [1.807, 2.05) is 0 Å². The summed E-state index contributed by atoms with van der Waals surface area (Å²) in [5, 5.41) is 4.81. The van der Waals surface area contributed by atoms with Crippen LogP contribution in [-0.4, -0.2) is 16.4 Å². The van der Waals surface area contributed by atoms with E-state index in [1.54, 1.807) is 64.7 Å². The van der Waals surface area contributed by atoms with Crippen LogP contribution in [0.4, 0.5) is 13.2 Å². The zero-order valence-corrected chi connectivity index (χ0v) is 20.1. The Morgan fingerprint density at radius 2 is 1.75 bits per heavy atom. The van der Waals surface area contributed by atoms with Gasteiger partial charge in [0.25, 0.3) is 5.91 Å². The first-order valence-corrected chi connectivity index (χ1v) is 12.0. The van der Waals surface area contributed by atoms with Gasteiger partial charge in [-0.1, -0.05) is 60.1 Å². The van der Waals surface area contributed by atoms with Crippen LogP contribution in [-0.2, 0) is 17.5 Å². The summed E-state index contributed by atoms with van der Waals surface area (Å²) in [5.74, 6) is -0.987. The van der Waals surface area contributed by atoms with Crippen LogP contribution in [0, 0.1) is 0 Å². The van der Waals surface area contributed by atoms with Gasteiger partial charge in [-0.15, -0.1) is 11.3 Å². The van der Waals surface area contributed by atoms with Crippen LogP contribution in [0.5, 0.6) is 0 Å². The summed E-state index contributed by atoms with van der Waals surface area (Å²) in [4.78, 5) is 30.6. The Hall–Kier alpha value is -3.69. The maximum atomic E-state index is 13.4. The van der Waals surface area contributed by atoms with E-state index in [4.69, 9.17) is 11.6 Å². The molecule has 3 aromatic carbocycles. The fourth-order valence-corrected chi connectivity index (χ4v) is 4.48. The minimum Gasteiger partial charge on any atom is -0.350 e. The van der Waals surface area contributed by atoms with Crippen LogP contribution < -0.4 is 10.1 Å². The topological polar surface area (TPSA) is 63.5 Å². The summed E-state index contributed by atoms with van der Waals surface area (Å²) < 4.78 is 40.7. The first-order valence-electron chi connectivity index (χ1n) is 10.7. The van der Waals surface area contributed by atoms with Crippen LogP contribution in [0.25, 0.3) is 0 Å². The zero-order chi connectivity index (χ0) is 25.7. The third-order valence-electron chi connectivity index (χ3n) is 5.25. The molecule has 0 aliphatic carbocycles. The van der Waals surface area contributed by atoms with Crippen molar-refractivity contribution in [3.63, 3.8) is 0 Å². The van der Waals surface area contributed by atoms with E-state index < -0.39 is 29.6 Å². The Labute approximate surface area is 213 Å². The normalized spacial score (nSPS) is 12.8. The van der Waals surface area contributed by atoms with E-state index in [1.165, 1.54) is 29.5 Å². The number of nitrogens with one attached hydrogen (secondary N) is 1. The zero-order valence-electron chi connectivity index (χ0n) is 18.6. The van der Waals surface area contributed by atoms with Gasteiger partial charge in [0.1, 0.15) is 6.04 Å². The van der Waals surface area contributed by atoms with Crippen molar-refractivity contribution in [2.45, 2.75) is 18.8 Å². The van der Waals surface area contributed by atoms with Crippen molar-refractivity contribution in [3.05, 3.63) is 123 Å². The smallest absolute Gasteiger partial charge is 0.350 e. The van der Waals surface area contributed by atoms with Crippen LogP contribution in [0.1, 0.15) is 33.1 Å². The van der Waals surface area contributed by atoms with E-state index in [-0.39, 0.29) is 11.3 Å². The van der Waals surface area contributed by atoms with Gasteiger partial charge in [-0.05, 0) is 41.5 Å². The van der Waals surface area contributed by atoms with E-state index >= 15 is 0 Å². The van der Waals surface area contributed by atoms with Crippen molar-refractivity contribution in [1.29, 1.82) is 0 Å². The van der Waals surface area contributed by atoms with E-state index in [2.05, 4.69) is 10.3 Å². The molecule has 1 N–H and O–H groups in total. The number of benzene rings is 3. The molecule has 36 heavy (non-hydrogen) atoms. The molecule has 2 amide bonds. The molecular formula is C26H19ClF3N3O2S. The Kier molecular flexibility index (Phi) is 7.71. The second kappa shape index (κ2) is 10.9. The van der Waals surface area contributed by atoms with Crippen LogP contribution in [0.15, 0.2) is 95.4 Å². The standard InChI is InChI=1S/C26H19ClF3N3O2S/c27-21-11-5-9-19(15-21)23(34)32-25-33(12-13-36-25)22(18-7-2-1-3-8-18)24(35)31-16-17-6-4-10-20(14-17)26(28,29)30/h1-15,22H,16H2,(H,31,35). The summed E-state index contributed by atoms with van der Waals surface area (Å²) >= 11 is 7.16. The molecule has 1 aromatic heterocycles. The SMILES string of the molecule is O=C(N=c1sccn1C(C(=O)NCc1cccc(C(F)(F)F)c1)c1ccccc1)c1cccc(Cl)c1. The van der Waals surface area contributed by atoms with Crippen molar-refractivity contribution in [2.24, 2.45) is 4.99 Å². The monoisotopic (exact) mass is 529 g/mol. The lowest BCUT2D eigenvalue weighted by molar-refractivity contribution is -0.137. The van der Waals surface area contributed by atoms with Gasteiger partial charge < -0.3 is 9.88 Å². The molecule has 0 spiro atoms. The molecule has 1 atom stereocenters. The maximum absolute atomic E-state index is 13.4. The third kappa shape index (κ3) is 6.10. The number of nitrogens with zero attached hydrogens (tertiary/aromatic N) is 2. The fourth-order valence-electron chi connectivity index (χ4n) is 3.55. The number of thiazole rings is 1. The fraction of sp³-hybridized carbons (Fsp3) is 0.115. The van der Waals surface area contributed by atoms with Crippen molar-refractivity contribution < 1.29 is 22.8 Å². The summed E-state index contributed by atoms with van der Waals surface area (Å²) in [7, 11) is 0. The minimum absolute atomic E-state index is 0.106. The predicted molar refractivity (Wildman–Crippen MR) is 132 cm³/mol.